The second-order valence-corrected chi connectivity index (χ2v) is 3.61. The van der Waals surface area contributed by atoms with Crippen molar-refractivity contribution in [1.29, 1.82) is 0 Å². The first kappa shape index (κ1) is 5.47. The molecule has 0 bridgehead atoms. The summed E-state index contributed by atoms with van der Waals surface area (Å²) in [5.41, 5.74) is 0. The van der Waals surface area contributed by atoms with Gasteiger partial charge in [-0.3, -0.25) is 4.79 Å². The maximum Gasteiger partial charge on any atom is 0.202 e. The zero-order valence-corrected chi connectivity index (χ0v) is 5.09. The predicted molar refractivity (Wildman–Crippen MR) is 31.1 cm³/mol. The Kier molecular flexibility index (Phi) is 1.61. The van der Waals surface area contributed by atoms with E-state index in [2.05, 4.69) is 0 Å². The monoisotopic (exact) mass is 136 g/mol. The number of thioether (sulfide) groups is 2. The number of aliphatic hydroxyl groups excluding tert-OH is 1. The van der Waals surface area contributed by atoms with E-state index in [-0.39, 0.29) is 5.12 Å². The van der Waals surface area contributed by atoms with Gasteiger partial charge in [0.2, 0.25) is 5.12 Å². The molecular formula is C3H4O2S2. The Morgan fingerprint density at radius 1 is 1.86 bits per heavy atom. The average Bonchev–Trinajstić information content (AvgIpc) is 1.87. The van der Waals surface area contributed by atoms with Gasteiger partial charge in [-0.2, -0.15) is 0 Å². The predicted octanol–water partition coefficient (Wildman–Crippen LogP) is 0.269. The summed E-state index contributed by atoms with van der Waals surface area (Å²) in [5.74, 6) is 0.464. The van der Waals surface area contributed by atoms with Crippen molar-refractivity contribution in [1.82, 2.24) is 0 Å². The zero-order valence-electron chi connectivity index (χ0n) is 3.46. The molecule has 0 aromatic rings. The molecule has 4 heteroatoms. The third-order valence-electron chi connectivity index (χ3n) is 0.576. The van der Waals surface area contributed by atoms with E-state index < -0.39 is 4.77 Å². The molecule has 2 nitrogen and oxygen atoms in total. The maximum atomic E-state index is 10.2. The average molecular weight is 136 g/mol. The molecule has 1 N–H and O–H groups in total. The van der Waals surface area contributed by atoms with Gasteiger partial charge < -0.3 is 5.11 Å². The van der Waals surface area contributed by atoms with Crippen molar-refractivity contribution in [3.8, 4) is 0 Å². The van der Waals surface area contributed by atoms with Crippen LogP contribution in [0.4, 0.5) is 0 Å². The second-order valence-electron chi connectivity index (χ2n) is 1.11. The quantitative estimate of drug-likeness (QED) is 0.518. The molecule has 1 atom stereocenters. The van der Waals surface area contributed by atoms with Crippen LogP contribution < -0.4 is 0 Å². The Hall–Kier alpha value is 0.330. The Bertz CT molecular complexity index is 92.9. The molecular weight excluding hydrogens is 132 g/mol. The van der Waals surface area contributed by atoms with Crippen LogP contribution >= 0.6 is 23.5 Å². The molecule has 1 saturated heterocycles. The highest BCUT2D eigenvalue weighted by Gasteiger charge is 2.20. The number of hydrogen-bond donors (Lipinski definition) is 1. The van der Waals surface area contributed by atoms with Crippen molar-refractivity contribution in [3.05, 3.63) is 0 Å². The summed E-state index contributed by atoms with van der Waals surface area (Å²) in [7, 11) is 0. The van der Waals surface area contributed by atoms with Gasteiger partial charge in [0.05, 0.1) is 5.75 Å². The van der Waals surface area contributed by atoms with Crippen molar-refractivity contribution >= 4 is 28.6 Å². The Morgan fingerprint density at radius 2 is 2.57 bits per heavy atom. The van der Waals surface area contributed by atoms with Crippen LogP contribution in [0.25, 0.3) is 0 Å². The lowest BCUT2D eigenvalue weighted by molar-refractivity contribution is -0.108. The Labute approximate surface area is 49.7 Å². The van der Waals surface area contributed by atoms with E-state index in [4.69, 9.17) is 5.11 Å². The summed E-state index contributed by atoms with van der Waals surface area (Å²) in [4.78, 5) is 10.2. The lowest BCUT2D eigenvalue weighted by Crippen LogP contribution is -1.85. The fraction of sp³-hybridized carbons (Fsp3) is 0.667. The van der Waals surface area contributed by atoms with E-state index in [1.54, 1.807) is 0 Å². The van der Waals surface area contributed by atoms with Gasteiger partial charge >= 0.3 is 0 Å². The zero-order chi connectivity index (χ0) is 5.28. The lowest BCUT2D eigenvalue weighted by Gasteiger charge is -1.88. The molecule has 0 saturated carbocycles. The molecule has 0 aromatic carbocycles. The fourth-order valence-corrected chi connectivity index (χ4v) is 2.10. The molecule has 1 unspecified atom stereocenters. The second kappa shape index (κ2) is 2.07. The van der Waals surface area contributed by atoms with Gasteiger partial charge in [-0.05, 0) is 11.8 Å². The van der Waals surface area contributed by atoms with Crippen molar-refractivity contribution in [2.75, 3.05) is 5.75 Å². The van der Waals surface area contributed by atoms with Gasteiger partial charge in [0, 0.05) is 0 Å². The first-order chi connectivity index (χ1) is 3.29. The number of aliphatic hydroxyl groups is 1. The summed E-state index contributed by atoms with van der Waals surface area (Å²) in [6.07, 6.45) is 0. The summed E-state index contributed by atoms with van der Waals surface area (Å²) >= 11 is 2.27. The smallest absolute Gasteiger partial charge is 0.202 e. The minimum Gasteiger partial charge on any atom is -0.372 e. The van der Waals surface area contributed by atoms with Crippen molar-refractivity contribution in [3.63, 3.8) is 0 Å². The fourth-order valence-electron chi connectivity index (χ4n) is 0.320. The van der Waals surface area contributed by atoms with Crippen molar-refractivity contribution in [2.45, 2.75) is 4.77 Å². The van der Waals surface area contributed by atoms with Crippen molar-refractivity contribution in [2.24, 2.45) is 0 Å². The minimum atomic E-state index is -0.493. The molecule has 0 spiro atoms. The Balaban J connectivity index is 2.40. The van der Waals surface area contributed by atoms with E-state index >= 15 is 0 Å². The summed E-state index contributed by atoms with van der Waals surface area (Å²) in [5, 5.41) is 8.69. The number of carbonyl (C=O) groups is 1. The SMILES string of the molecule is O=C1CSC(O)S1. The standard InChI is InChI=1S/C3H4O2S2/c4-2-1-6-3(5)7-2/h3,5H,1H2. The van der Waals surface area contributed by atoms with Crippen LogP contribution in [0.2, 0.25) is 0 Å². The van der Waals surface area contributed by atoms with Crippen LogP contribution in [0.1, 0.15) is 0 Å². The van der Waals surface area contributed by atoms with Crippen LogP contribution in [0.3, 0.4) is 0 Å². The van der Waals surface area contributed by atoms with E-state index in [0.29, 0.717) is 5.75 Å². The molecule has 7 heavy (non-hydrogen) atoms. The van der Waals surface area contributed by atoms with Gasteiger partial charge in [-0.15, -0.1) is 11.8 Å². The van der Waals surface area contributed by atoms with Gasteiger partial charge in [-0.1, -0.05) is 0 Å². The third-order valence-corrected chi connectivity index (χ3v) is 2.78. The van der Waals surface area contributed by atoms with Crippen LogP contribution in [-0.2, 0) is 4.79 Å². The highest BCUT2D eigenvalue weighted by atomic mass is 32.2. The van der Waals surface area contributed by atoms with Gasteiger partial charge in [0.25, 0.3) is 0 Å². The molecule has 0 aliphatic carbocycles. The van der Waals surface area contributed by atoms with E-state index in [0.717, 1.165) is 11.8 Å². The normalized spacial score (nSPS) is 31.6. The largest absolute Gasteiger partial charge is 0.372 e. The highest BCUT2D eigenvalue weighted by molar-refractivity contribution is 8.29. The molecule has 1 aliphatic rings. The van der Waals surface area contributed by atoms with Crippen LogP contribution in [0.5, 0.6) is 0 Å². The van der Waals surface area contributed by atoms with Crippen LogP contribution in [0, 0.1) is 0 Å². The molecule has 1 heterocycles. The van der Waals surface area contributed by atoms with E-state index in [9.17, 15) is 4.79 Å². The maximum absolute atomic E-state index is 10.2. The molecule has 0 radical (unpaired) electrons. The third kappa shape index (κ3) is 1.36. The van der Waals surface area contributed by atoms with Crippen LogP contribution in [-0.4, -0.2) is 20.7 Å². The van der Waals surface area contributed by atoms with Gasteiger partial charge in [-0.25, -0.2) is 0 Å². The topological polar surface area (TPSA) is 37.3 Å². The minimum absolute atomic E-state index is 0.0810. The summed E-state index contributed by atoms with van der Waals surface area (Å²) < 4.78 is -0.493. The molecule has 0 amide bonds. The first-order valence-corrected chi connectivity index (χ1v) is 3.71. The van der Waals surface area contributed by atoms with Gasteiger partial charge in [0.15, 0.2) is 4.77 Å². The Morgan fingerprint density at radius 3 is 2.71 bits per heavy atom. The molecule has 1 aliphatic heterocycles. The van der Waals surface area contributed by atoms with Gasteiger partial charge in [0.1, 0.15) is 0 Å². The van der Waals surface area contributed by atoms with E-state index in [1.165, 1.54) is 11.8 Å². The molecule has 0 aromatic heterocycles. The highest BCUT2D eigenvalue weighted by Crippen LogP contribution is 2.30. The van der Waals surface area contributed by atoms with E-state index in [1.807, 2.05) is 0 Å². The van der Waals surface area contributed by atoms with Crippen molar-refractivity contribution < 1.29 is 9.90 Å². The first-order valence-electron chi connectivity index (χ1n) is 1.78. The lowest BCUT2D eigenvalue weighted by atomic mass is 10.9. The number of carbonyl (C=O) groups excluding carboxylic acids is 1. The van der Waals surface area contributed by atoms with Crippen LogP contribution in [0.15, 0.2) is 0 Å². The molecule has 40 valence electrons. The summed E-state index contributed by atoms with van der Waals surface area (Å²) in [6.45, 7) is 0. The molecule has 1 fully saturated rings. The summed E-state index contributed by atoms with van der Waals surface area (Å²) in [6, 6.07) is 0. The molecule has 1 rings (SSSR count). The number of rotatable bonds is 0. The number of hydrogen-bond acceptors (Lipinski definition) is 4.